The molecule has 0 spiro atoms. The van der Waals surface area contributed by atoms with Crippen molar-refractivity contribution in [1.82, 2.24) is 4.98 Å². The third-order valence-electron chi connectivity index (χ3n) is 2.37. The molecule has 0 aliphatic carbocycles. The highest BCUT2D eigenvalue weighted by atomic mass is 35.5. The van der Waals surface area contributed by atoms with Crippen LogP contribution < -0.4 is 4.72 Å². The van der Waals surface area contributed by atoms with Crippen LogP contribution in [0.15, 0.2) is 47.5 Å². The van der Waals surface area contributed by atoms with Crippen LogP contribution in [0, 0.1) is 0 Å². The van der Waals surface area contributed by atoms with E-state index < -0.39 is 15.3 Å². The van der Waals surface area contributed by atoms with E-state index in [1.54, 1.807) is 0 Å². The highest BCUT2D eigenvalue weighted by molar-refractivity contribution is 7.92. The van der Waals surface area contributed by atoms with E-state index in [9.17, 15) is 13.2 Å². The van der Waals surface area contributed by atoms with E-state index in [0.29, 0.717) is 5.02 Å². The van der Waals surface area contributed by atoms with Gasteiger partial charge in [0, 0.05) is 11.2 Å². The molecule has 104 valence electrons. The van der Waals surface area contributed by atoms with Crippen LogP contribution in [0.3, 0.4) is 0 Å². The molecule has 8 heteroatoms. The van der Waals surface area contributed by atoms with Gasteiger partial charge in [-0.05, 0) is 48.0 Å². The van der Waals surface area contributed by atoms with E-state index in [1.165, 1.54) is 42.6 Å². The van der Waals surface area contributed by atoms with Crippen molar-refractivity contribution in [2.75, 3.05) is 4.72 Å². The third kappa shape index (κ3) is 3.27. The number of nitrogens with one attached hydrogen (secondary N) is 1. The van der Waals surface area contributed by atoms with E-state index in [0.717, 1.165) is 0 Å². The van der Waals surface area contributed by atoms with Gasteiger partial charge >= 0.3 is 0 Å². The summed E-state index contributed by atoms with van der Waals surface area (Å²) in [6.07, 6.45) is 1.35. The van der Waals surface area contributed by atoms with Crippen LogP contribution in [0.4, 0.5) is 5.82 Å². The summed E-state index contributed by atoms with van der Waals surface area (Å²) in [7, 11) is -3.87. The average Bonchev–Trinajstić information content (AvgIpc) is 2.39. The number of carbonyl (C=O) groups excluding carboxylic acids is 1. The van der Waals surface area contributed by atoms with E-state index in [2.05, 4.69) is 9.71 Å². The minimum absolute atomic E-state index is 0.000486. The fourth-order valence-electron chi connectivity index (χ4n) is 1.45. The van der Waals surface area contributed by atoms with Gasteiger partial charge < -0.3 is 0 Å². The minimum Gasteiger partial charge on any atom is -0.275 e. The normalized spacial score (nSPS) is 11.1. The number of hydrogen-bond donors (Lipinski definition) is 1. The van der Waals surface area contributed by atoms with E-state index in [4.69, 9.17) is 23.2 Å². The summed E-state index contributed by atoms with van der Waals surface area (Å²) >= 11 is 11.1. The highest BCUT2D eigenvalue weighted by Gasteiger charge is 2.18. The van der Waals surface area contributed by atoms with Gasteiger partial charge in [-0.2, -0.15) is 0 Å². The highest BCUT2D eigenvalue weighted by Crippen LogP contribution is 2.20. The monoisotopic (exact) mass is 330 g/mol. The Morgan fingerprint density at radius 1 is 1.15 bits per heavy atom. The molecule has 0 amide bonds. The Bertz CT molecular complexity index is 746. The van der Waals surface area contributed by atoms with Crippen LogP contribution in [0.25, 0.3) is 0 Å². The van der Waals surface area contributed by atoms with E-state index in [-0.39, 0.29) is 16.3 Å². The molecular weight excluding hydrogens is 323 g/mol. The molecule has 2 aromatic rings. The summed E-state index contributed by atoms with van der Waals surface area (Å²) in [5.74, 6) is -0.123. The number of nitrogens with zero attached hydrogens (tertiary/aromatic N) is 1. The van der Waals surface area contributed by atoms with Crippen molar-refractivity contribution >= 4 is 44.3 Å². The maximum Gasteiger partial charge on any atom is 0.263 e. The Hall–Kier alpha value is -1.63. The molecule has 5 nitrogen and oxygen atoms in total. The van der Waals surface area contributed by atoms with E-state index >= 15 is 0 Å². The van der Waals surface area contributed by atoms with Crippen LogP contribution in [0.1, 0.15) is 10.4 Å². The lowest BCUT2D eigenvalue weighted by Crippen LogP contribution is -2.15. The molecule has 0 unspecified atom stereocenters. The number of pyridine rings is 1. The largest absolute Gasteiger partial charge is 0.275 e. The number of benzene rings is 1. The van der Waals surface area contributed by atoms with Gasteiger partial charge in [-0.3, -0.25) is 9.52 Å². The zero-order valence-corrected chi connectivity index (χ0v) is 12.2. The van der Waals surface area contributed by atoms with Crippen molar-refractivity contribution in [2.24, 2.45) is 0 Å². The summed E-state index contributed by atoms with van der Waals surface area (Å²) in [6.45, 7) is 0. The lowest BCUT2D eigenvalue weighted by molar-refractivity contribution is 0.108. The maximum atomic E-state index is 12.1. The zero-order chi connectivity index (χ0) is 14.8. The standard InChI is InChI=1S/C12H8Cl2N2O3S/c13-8-3-5-9(6-4-8)20(18,19)16-12-10(11(14)17)2-1-7-15-12/h1-7H,(H,15,16). The minimum atomic E-state index is -3.87. The van der Waals surface area contributed by atoms with Crippen molar-refractivity contribution in [3.8, 4) is 0 Å². The first kappa shape index (κ1) is 14.8. The molecule has 1 aromatic heterocycles. The van der Waals surface area contributed by atoms with Crippen molar-refractivity contribution in [1.29, 1.82) is 0 Å². The molecule has 20 heavy (non-hydrogen) atoms. The second-order valence-corrected chi connectivity index (χ2v) is 6.19. The SMILES string of the molecule is O=C(Cl)c1cccnc1NS(=O)(=O)c1ccc(Cl)cc1. The fourth-order valence-corrected chi connectivity index (χ4v) is 2.75. The molecule has 1 aromatic carbocycles. The molecule has 0 saturated heterocycles. The number of halogens is 2. The summed E-state index contributed by atoms with van der Waals surface area (Å²) < 4.78 is 26.5. The predicted octanol–water partition coefficient (Wildman–Crippen LogP) is 2.91. The molecule has 1 heterocycles. The molecule has 2 rings (SSSR count). The number of carbonyl (C=O) groups is 1. The third-order valence-corrected chi connectivity index (χ3v) is 4.18. The smallest absolute Gasteiger partial charge is 0.263 e. The molecule has 0 aliphatic rings. The van der Waals surface area contributed by atoms with Gasteiger partial charge in [0.2, 0.25) is 0 Å². The molecule has 0 saturated carbocycles. The Morgan fingerprint density at radius 3 is 2.40 bits per heavy atom. The quantitative estimate of drug-likeness (QED) is 0.874. The summed E-state index contributed by atoms with van der Waals surface area (Å²) in [4.78, 5) is 15.0. The molecule has 0 bridgehead atoms. The van der Waals surface area contributed by atoms with Gasteiger partial charge in [0.25, 0.3) is 15.3 Å². The van der Waals surface area contributed by atoms with Gasteiger partial charge in [-0.25, -0.2) is 13.4 Å². The van der Waals surface area contributed by atoms with Crippen LogP contribution in [-0.2, 0) is 10.0 Å². The van der Waals surface area contributed by atoms with Crippen LogP contribution in [-0.4, -0.2) is 18.6 Å². The lowest BCUT2D eigenvalue weighted by Gasteiger charge is -2.09. The summed E-state index contributed by atoms with van der Waals surface area (Å²) in [6, 6.07) is 8.44. The van der Waals surface area contributed by atoms with Crippen LogP contribution in [0.2, 0.25) is 5.02 Å². The number of hydrogen-bond acceptors (Lipinski definition) is 4. The Kier molecular flexibility index (Phi) is 4.27. The zero-order valence-electron chi connectivity index (χ0n) is 9.88. The second kappa shape index (κ2) is 5.78. The van der Waals surface area contributed by atoms with E-state index in [1.807, 2.05) is 0 Å². The first-order valence-corrected chi connectivity index (χ1v) is 7.57. The Morgan fingerprint density at radius 2 is 1.80 bits per heavy atom. The number of sulfonamides is 1. The maximum absolute atomic E-state index is 12.1. The van der Waals surface area contributed by atoms with Gasteiger partial charge in [0.05, 0.1) is 10.5 Å². The number of aromatic nitrogens is 1. The second-order valence-electron chi connectivity index (χ2n) is 3.73. The first-order chi connectivity index (χ1) is 9.40. The first-order valence-electron chi connectivity index (χ1n) is 5.33. The average molecular weight is 331 g/mol. The molecule has 0 fully saturated rings. The fraction of sp³-hybridized carbons (Fsp3) is 0. The molecular formula is C12H8Cl2N2O3S. The summed E-state index contributed by atoms with van der Waals surface area (Å²) in [5.41, 5.74) is -0.0216. The predicted molar refractivity (Wildman–Crippen MR) is 76.7 cm³/mol. The molecule has 1 N–H and O–H groups in total. The van der Waals surface area contributed by atoms with Crippen molar-refractivity contribution in [3.05, 3.63) is 53.2 Å². The topological polar surface area (TPSA) is 76.1 Å². The van der Waals surface area contributed by atoms with Crippen LogP contribution >= 0.6 is 23.2 Å². The Balaban J connectivity index is 2.38. The van der Waals surface area contributed by atoms with Crippen molar-refractivity contribution in [3.63, 3.8) is 0 Å². The number of rotatable bonds is 4. The number of anilines is 1. The molecule has 0 radical (unpaired) electrons. The van der Waals surface area contributed by atoms with Crippen molar-refractivity contribution < 1.29 is 13.2 Å². The molecule has 0 atom stereocenters. The lowest BCUT2D eigenvalue weighted by atomic mass is 10.3. The van der Waals surface area contributed by atoms with Gasteiger partial charge in [0.1, 0.15) is 0 Å². The van der Waals surface area contributed by atoms with Crippen molar-refractivity contribution in [2.45, 2.75) is 4.90 Å². The van der Waals surface area contributed by atoms with Crippen LogP contribution in [0.5, 0.6) is 0 Å². The van der Waals surface area contributed by atoms with Gasteiger partial charge in [0.15, 0.2) is 5.82 Å². The Labute approximate surface area is 125 Å². The van der Waals surface area contributed by atoms with Gasteiger partial charge in [-0.15, -0.1) is 0 Å². The summed E-state index contributed by atoms with van der Waals surface area (Å²) in [5, 5.41) is -0.384. The van der Waals surface area contributed by atoms with Gasteiger partial charge in [-0.1, -0.05) is 11.6 Å². The molecule has 0 aliphatic heterocycles.